The van der Waals surface area contributed by atoms with Gasteiger partial charge < -0.3 is 75.0 Å². The molecule has 11 unspecified atom stereocenters. The minimum atomic E-state index is -2.94. The standard InChI is InChI=1S/C24H35NO16/c1-37-10-2-4-11(5-3-10)38-22-19(34)21(18(33)14(8-27)39-22)41-24(23(35)36)6-12(29)16(25-15(31)9-28)20(40-24)17(32)13(30)7-26/h2-5,12-14,16-22,26-30,32-34H,6-9H2,1H3,(H,25,31)(H,35,36). The SMILES string of the molecule is COc1ccc(OC2OC(CO)C(O)C(OC3(C(=O)O)CC(O)C(NC(=O)CO)C(C(O)C(O)CO)O3)C2O)cc1. The van der Waals surface area contributed by atoms with Crippen molar-refractivity contribution in [3.8, 4) is 11.5 Å². The summed E-state index contributed by atoms with van der Waals surface area (Å²) in [6.45, 7) is -2.90. The highest BCUT2D eigenvalue weighted by atomic mass is 16.8. The van der Waals surface area contributed by atoms with Crippen LogP contribution in [-0.4, -0.2) is 152 Å². The van der Waals surface area contributed by atoms with Gasteiger partial charge in [-0.15, -0.1) is 0 Å². The first-order valence-corrected chi connectivity index (χ1v) is 12.5. The van der Waals surface area contributed by atoms with E-state index in [2.05, 4.69) is 5.32 Å². The van der Waals surface area contributed by atoms with Crippen molar-refractivity contribution in [2.75, 3.05) is 26.9 Å². The van der Waals surface area contributed by atoms with E-state index < -0.39 is 105 Å². The number of aliphatic hydroxyl groups excluding tert-OH is 8. The number of nitrogens with one attached hydrogen (secondary N) is 1. The molecule has 17 nitrogen and oxygen atoms in total. The van der Waals surface area contributed by atoms with Crippen LogP contribution in [0.25, 0.3) is 0 Å². The van der Waals surface area contributed by atoms with Crippen LogP contribution in [0.1, 0.15) is 6.42 Å². The molecule has 0 spiro atoms. The Labute approximate surface area is 233 Å². The third-order valence-corrected chi connectivity index (χ3v) is 6.75. The van der Waals surface area contributed by atoms with Gasteiger partial charge in [-0.3, -0.25) is 4.79 Å². The van der Waals surface area contributed by atoms with E-state index in [1.807, 2.05) is 0 Å². The Morgan fingerprint density at radius 3 is 2.24 bits per heavy atom. The van der Waals surface area contributed by atoms with Gasteiger partial charge in [0.25, 0.3) is 5.79 Å². The number of aliphatic hydroxyl groups is 8. The maximum atomic E-state index is 12.5. The lowest BCUT2D eigenvalue weighted by Gasteiger charge is -2.49. The summed E-state index contributed by atoms with van der Waals surface area (Å²) in [7, 11) is 1.44. The summed E-state index contributed by atoms with van der Waals surface area (Å²) in [6.07, 6.45) is -17.6. The molecule has 41 heavy (non-hydrogen) atoms. The van der Waals surface area contributed by atoms with Crippen molar-refractivity contribution < 1.29 is 79.2 Å². The molecule has 1 aromatic rings. The van der Waals surface area contributed by atoms with Crippen molar-refractivity contribution in [3.63, 3.8) is 0 Å². The average Bonchev–Trinajstić information content (AvgIpc) is 2.97. The predicted molar refractivity (Wildman–Crippen MR) is 130 cm³/mol. The highest BCUT2D eigenvalue weighted by Gasteiger charge is 2.59. The Bertz CT molecular complexity index is 1010. The molecule has 2 saturated heterocycles. The first kappa shape index (κ1) is 32.8. The minimum absolute atomic E-state index is 0.155. The highest BCUT2D eigenvalue weighted by Crippen LogP contribution is 2.37. The van der Waals surface area contributed by atoms with Crippen molar-refractivity contribution in [3.05, 3.63) is 24.3 Å². The van der Waals surface area contributed by atoms with E-state index in [1.165, 1.54) is 31.4 Å². The van der Waals surface area contributed by atoms with Gasteiger partial charge in [-0.2, -0.15) is 0 Å². The number of carbonyl (C=O) groups excluding carboxylic acids is 1. The lowest BCUT2D eigenvalue weighted by molar-refractivity contribution is -0.363. The summed E-state index contributed by atoms with van der Waals surface area (Å²) in [4.78, 5) is 24.3. The zero-order chi connectivity index (χ0) is 30.5. The van der Waals surface area contributed by atoms with Gasteiger partial charge in [0.1, 0.15) is 60.8 Å². The number of aliphatic carboxylic acids is 1. The van der Waals surface area contributed by atoms with Crippen LogP contribution < -0.4 is 14.8 Å². The van der Waals surface area contributed by atoms with E-state index in [4.69, 9.17) is 28.8 Å². The van der Waals surface area contributed by atoms with E-state index in [9.17, 15) is 50.4 Å². The summed E-state index contributed by atoms with van der Waals surface area (Å²) in [5.74, 6) is -5.24. The van der Waals surface area contributed by atoms with E-state index in [1.54, 1.807) is 0 Å². The molecule has 1 aromatic carbocycles. The van der Waals surface area contributed by atoms with Crippen LogP contribution in [0, 0.1) is 0 Å². The molecule has 17 heteroatoms. The molecule has 2 aliphatic heterocycles. The Kier molecular flexibility index (Phi) is 11.2. The number of ether oxygens (including phenoxy) is 5. The normalized spacial score (nSPS) is 35.2. The molecule has 2 aliphatic rings. The molecule has 11 atom stereocenters. The van der Waals surface area contributed by atoms with Gasteiger partial charge in [-0.25, -0.2) is 4.79 Å². The molecule has 2 heterocycles. The number of hydrogen-bond acceptors (Lipinski definition) is 15. The second-order valence-corrected chi connectivity index (χ2v) is 9.49. The number of hydrogen-bond donors (Lipinski definition) is 10. The second kappa shape index (κ2) is 14.0. The summed E-state index contributed by atoms with van der Waals surface area (Å²) in [6, 6.07) is 4.38. The summed E-state index contributed by atoms with van der Waals surface area (Å²) >= 11 is 0. The van der Waals surface area contributed by atoms with Crippen LogP contribution in [0.3, 0.4) is 0 Å². The van der Waals surface area contributed by atoms with Crippen molar-refractivity contribution >= 4 is 11.9 Å². The van der Waals surface area contributed by atoms with E-state index >= 15 is 0 Å². The number of methoxy groups -OCH3 is 1. The first-order chi connectivity index (χ1) is 19.4. The fraction of sp³-hybridized carbons (Fsp3) is 0.667. The van der Waals surface area contributed by atoms with Crippen molar-refractivity contribution in [2.45, 2.75) is 73.4 Å². The third-order valence-electron chi connectivity index (χ3n) is 6.75. The summed E-state index contributed by atoms with van der Waals surface area (Å²) in [5, 5.41) is 93.6. The van der Waals surface area contributed by atoms with Crippen molar-refractivity contribution in [2.24, 2.45) is 0 Å². The summed E-state index contributed by atoms with van der Waals surface area (Å²) in [5.41, 5.74) is 0. The van der Waals surface area contributed by atoms with E-state index in [0.717, 1.165) is 0 Å². The van der Waals surface area contributed by atoms with Gasteiger partial charge in [0, 0.05) is 6.42 Å². The molecule has 2 fully saturated rings. The topological polar surface area (TPSA) is 274 Å². The molecule has 1 amide bonds. The molecule has 0 aromatic heterocycles. The van der Waals surface area contributed by atoms with Gasteiger partial charge in [0.2, 0.25) is 12.2 Å². The van der Waals surface area contributed by atoms with Gasteiger partial charge in [-0.1, -0.05) is 0 Å². The van der Waals surface area contributed by atoms with Crippen molar-refractivity contribution in [1.29, 1.82) is 0 Å². The maximum absolute atomic E-state index is 12.5. The zero-order valence-corrected chi connectivity index (χ0v) is 21.8. The third kappa shape index (κ3) is 7.22. The van der Waals surface area contributed by atoms with Gasteiger partial charge in [0.05, 0.1) is 32.5 Å². The largest absolute Gasteiger partial charge is 0.497 e. The Balaban J connectivity index is 1.94. The number of rotatable bonds is 12. The molecule has 3 rings (SSSR count). The van der Waals surface area contributed by atoms with Crippen LogP contribution in [0.2, 0.25) is 0 Å². The van der Waals surface area contributed by atoms with Gasteiger partial charge >= 0.3 is 5.97 Å². The molecular formula is C24H35NO16. The number of amides is 1. The molecule has 232 valence electrons. The predicted octanol–water partition coefficient (Wildman–Crippen LogP) is -4.98. The van der Waals surface area contributed by atoms with Gasteiger partial charge in [-0.05, 0) is 24.3 Å². The fourth-order valence-electron chi connectivity index (χ4n) is 4.54. The maximum Gasteiger partial charge on any atom is 0.364 e. The molecule has 0 saturated carbocycles. The molecule has 10 N–H and O–H groups in total. The molecule has 0 radical (unpaired) electrons. The molecular weight excluding hydrogens is 558 g/mol. The van der Waals surface area contributed by atoms with Crippen molar-refractivity contribution in [1.82, 2.24) is 5.32 Å². The first-order valence-electron chi connectivity index (χ1n) is 12.5. The number of carbonyl (C=O) groups is 2. The fourth-order valence-corrected chi connectivity index (χ4v) is 4.54. The lowest BCUT2D eigenvalue weighted by atomic mass is 9.88. The van der Waals surface area contributed by atoms with Crippen LogP contribution >= 0.6 is 0 Å². The lowest BCUT2D eigenvalue weighted by Crippen LogP contribution is -2.70. The average molecular weight is 594 g/mol. The Hall–Kier alpha value is -2.68. The van der Waals surface area contributed by atoms with E-state index in [-0.39, 0.29) is 5.75 Å². The Morgan fingerprint density at radius 1 is 1.07 bits per heavy atom. The smallest absolute Gasteiger partial charge is 0.364 e. The minimum Gasteiger partial charge on any atom is -0.497 e. The summed E-state index contributed by atoms with van der Waals surface area (Å²) < 4.78 is 27.2. The van der Waals surface area contributed by atoms with Crippen LogP contribution in [0.5, 0.6) is 11.5 Å². The highest BCUT2D eigenvalue weighted by molar-refractivity contribution is 5.78. The number of carboxylic acids is 1. The van der Waals surface area contributed by atoms with E-state index in [0.29, 0.717) is 5.75 Å². The van der Waals surface area contributed by atoms with Crippen LogP contribution in [-0.2, 0) is 23.8 Å². The van der Waals surface area contributed by atoms with Crippen LogP contribution in [0.15, 0.2) is 24.3 Å². The molecule has 0 aliphatic carbocycles. The van der Waals surface area contributed by atoms with Gasteiger partial charge in [0.15, 0.2) is 0 Å². The quantitative estimate of drug-likeness (QED) is 0.109. The number of carboxylic acid groups (broad SMARTS) is 1. The Morgan fingerprint density at radius 2 is 1.71 bits per heavy atom. The van der Waals surface area contributed by atoms with Crippen LogP contribution in [0.4, 0.5) is 0 Å². The molecule has 0 bridgehead atoms. The monoisotopic (exact) mass is 593 g/mol. The second-order valence-electron chi connectivity index (χ2n) is 9.49. The zero-order valence-electron chi connectivity index (χ0n) is 21.8. The number of benzene rings is 1.